The lowest BCUT2D eigenvalue weighted by Gasteiger charge is -2.37. The Kier molecular flexibility index (Phi) is 4.40. The second-order valence-corrected chi connectivity index (χ2v) is 6.21. The molecule has 3 rings (SSSR count). The quantitative estimate of drug-likeness (QED) is 0.798. The van der Waals surface area contributed by atoms with Crippen molar-refractivity contribution in [2.45, 2.75) is 31.8 Å². The standard InChI is InChI=1S/C15H24N6O2/c1-11-14(22)16-7-9-21(11)15(23)18-12-4-3-8-20(10-12)13-5-6-17-19(13)2/h5-6,11-12H,3-4,7-10H2,1-2H3,(H,16,22)(H,18,23)/t11-,12-/m1/s1. The lowest BCUT2D eigenvalue weighted by molar-refractivity contribution is -0.126. The molecule has 23 heavy (non-hydrogen) atoms. The average molecular weight is 320 g/mol. The van der Waals surface area contributed by atoms with E-state index in [2.05, 4.69) is 20.6 Å². The molecule has 126 valence electrons. The topological polar surface area (TPSA) is 82.5 Å². The third-order valence-electron chi connectivity index (χ3n) is 4.63. The number of hydrogen-bond donors (Lipinski definition) is 2. The highest BCUT2D eigenvalue weighted by atomic mass is 16.2. The first-order chi connectivity index (χ1) is 11.1. The molecule has 2 fully saturated rings. The fourth-order valence-electron chi connectivity index (χ4n) is 3.30. The van der Waals surface area contributed by atoms with Gasteiger partial charge in [-0.05, 0) is 19.8 Å². The van der Waals surface area contributed by atoms with Gasteiger partial charge in [-0.2, -0.15) is 5.10 Å². The fraction of sp³-hybridized carbons (Fsp3) is 0.667. The first kappa shape index (κ1) is 15.6. The molecule has 2 N–H and O–H groups in total. The minimum absolute atomic E-state index is 0.0864. The van der Waals surface area contributed by atoms with Gasteiger partial charge < -0.3 is 20.4 Å². The molecule has 0 radical (unpaired) electrons. The molecular formula is C15H24N6O2. The lowest BCUT2D eigenvalue weighted by atomic mass is 10.1. The highest BCUT2D eigenvalue weighted by molar-refractivity contribution is 5.88. The smallest absolute Gasteiger partial charge is 0.318 e. The Bertz CT molecular complexity index is 586. The van der Waals surface area contributed by atoms with Crippen LogP contribution >= 0.6 is 0 Å². The molecule has 0 aromatic carbocycles. The van der Waals surface area contributed by atoms with Crippen LogP contribution in [0.15, 0.2) is 12.3 Å². The van der Waals surface area contributed by atoms with Crippen LogP contribution < -0.4 is 15.5 Å². The average Bonchev–Trinajstić information content (AvgIpc) is 2.96. The molecular weight excluding hydrogens is 296 g/mol. The van der Waals surface area contributed by atoms with Gasteiger partial charge in [0.05, 0.1) is 6.20 Å². The van der Waals surface area contributed by atoms with Gasteiger partial charge in [-0.1, -0.05) is 0 Å². The van der Waals surface area contributed by atoms with E-state index in [-0.39, 0.29) is 18.0 Å². The molecule has 0 saturated carbocycles. The summed E-state index contributed by atoms with van der Waals surface area (Å²) in [5.74, 6) is 0.973. The Labute approximate surface area is 135 Å². The summed E-state index contributed by atoms with van der Waals surface area (Å²) in [6.07, 6.45) is 3.76. The molecule has 8 heteroatoms. The molecule has 3 heterocycles. The van der Waals surface area contributed by atoms with E-state index >= 15 is 0 Å². The minimum Gasteiger partial charge on any atom is -0.355 e. The Morgan fingerprint density at radius 2 is 2.26 bits per heavy atom. The zero-order valence-electron chi connectivity index (χ0n) is 13.7. The van der Waals surface area contributed by atoms with E-state index in [1.165, 1.54) is 0 Å². The SMILES string of the molecule is C[C@@H]1C(=O)NCCN1C(=O)N[C@@H]1CCCN(c2ccnn2C)C1. The first-order valence-electron chi connectivity index (χ1n) is 8.14. The maximum atomic E-state index is 12.5. The number of nitrogens with zero attached hydrogens (tertiary/aromatic N) is 4. The van der Waals surface area contributed by atoms with Crippen LogP contribution in [0.2, 0.25) is 0 Å². The number of amides is 3. The lowest BCUT2D eigenvalue weighted by Crippen LogP contribution is -2.60. The second kappa shape index (κ2) is 6.47. The molecule has 2 atom stereocenters. The van der Waals surface area contributed by atoms with Gasteiger partial charge in [-0.15, -0.1) is 0 Å². The molecule has 8 nitrogen and oxygen atoms in total. The molecule has 2 aliphatic rings. The van der Waals surface area contributed by atoms with Crippen molar-refractivity contribution in [1.82, 2.24) is 25.3 Å². The molecule has 1 aromatic rings. The predicted octanol–water partition coefficient (Wildman–Crippen LogP) is -0.0812. The summed E-state index contributed by atoms with van der Waals surface area (Å²) >= 11 is 0. The van der Waals surface area contributed by atoms with Crippen LogP contribution in [0.4, 0.5) is 10.6 Å². The monoisotopic (exact) mass is 320 g/mol. The van der Waals surface area contributed by atoms with Crippen molar-refractivity contribution in [3.05, 3.63) is 12.3 Å². The number of aryl methyl sites for hydroxylation is 1. The summed E-state index contributed by atoms with van der Waals surface area (Å²) in [5.41, 5.74) is 0. The van der Waals surface area contributed by atoms with Crippen molar-refractivity contribution < 1.29 is 9.59 Å². The maximum Gasteiger partial charge on any atom is 0.318 e. The third-order valence-corrected chi connectivity index (χ3v) is 4.63. The van der Waals surface area contributed by atoms with E-state index in [1.807, 2.05) is 17.8 Å². The summed E-state index contributed by atoms with van der Waals surface area (Å²) in [4.78, 5) is 28.0. The van der Waals surface area contributed by atoms with Crippen molar-refractivity contribution >= 4 is 17.8 Å². The Morgan fingerprint density at radius 1 is 1.43 bits per heavy atom. The van der Waals surface area contributed by atoms with Gasteiger partial charge in [0.1, 0.15) is 11.9 Å². The normalized spacial score (nSPS) is 25.2. The first-order valence-corrected chi connectivity index (χ1v) is 8.14. The molecule has 3 amide bonds. The molecule has 0 aliphatic carbocycles. The molecule has 2 aliphatic heterocycles. The van der Waals surface area contributed by atoms with E-state index in [1.54, 1.807) is 18.0 Å². The van der Waals surface area contributed by atoms with Crippen molar-refractivity contribution in [1.29, 1.82) is 0 Å². The number of aromatic nitrogens is 2. The van der Waals surface area contributed by atoms with Gasteiger partial charge in [-0.3, -0.25) is 9.48 Å². The molecule has 1 aromatic heterocycles. The number of anilines is 1. The number of hydrogen-bond acceptors (Lipinski definition) is 4. The summed E-state index contributed by atoms with van der Waals surface area (Å²) < 4.78 is 1.85. The predicted molar refractivity (Wildman–Crippen MR) is 86.2 cm³/mol. The van der Waals surface area contributed by atoms with Crippen molar-refractivity contribution in [2.24, 2.45) is 7.05 Å². The number of carbonyl (C=O) groups excluding carboxylic acids is 2. The van der Waals surface area contributed by atoms with Crippen molar-refractivity contribution in [3.63, 3.8) is 0 Å². The van der Waals surface area contributed by atoms with Crippen molar-refractivity contribution in [3.8, 4) is 0 Å². The zero-order chi connectivity index (χ0) is 16.4. The van der Waals surface area contributed by atoms with E-state index in [9.17, 15) is 9.59 Å². The van der Waals surface area contributed by atoms with Gasteiger partial charge in [0, 0.05) is 45.3 Å². The Morgan fingerprint density at radius 3 is 3.00 bits per heavy atom. The molecule has 0 bridgehead atoms. The maximum absolute atomic E-state index is 12.5. The summed E-state index contributed by atoms with van der Waals surface area (Å²) in [6.45, 7) is 4.56. The van der Waals surface area contributed by atoms with Gasteiger partial charge in [0.2, 0.25) is 5.91 Å². The van der Waals surface area contributed by atoms with Crippen LogP contribution in [0, 0.1) is 0 Å². The largest absolute Gasteiger partial charge is 0.355 e. The third kappa shape index (κ3) is 3.25. The molecule has 0 unspecified atom stereocenters. The van der Waals surface area contributed by atoms with Gasteiger partial charge in [0.25, 0.3) is 0 Å². The number of nitrogens with one attached hydrogen (secondary N) is 2. The van der Waals surface area contributed by atoms with Gasteiger partial charge >= 0.3 is 6.03 Å². The number of piperazine rings is 1. The van der Waals surface area contributed by atoms with Crippen LogP contribution in [-0.2, 0) is 11.8 Å². The Balaban J connectivity index is 1.60. The van der Waals surface area contributed by atoms with Gasteiger partial charge in [-0.25, -0.2) is 4.79 Å². The van der Waals surface area contributed by atoms with E-state index < -0.39 is 6.04 Å². The summed E-state index contributed by atoms with van der Waals surface area (Å²) in [7, 11) is 1.92. The number of carbonyl (C=O) groups is 2. The van der Waals surface area contributed by atoms with Crippen LogP contribution in [0.1, 0.15) is 19.8 Å². The summed E-state index contributed by atoms with van der Waals surface area (Å²) in [6, 6.07) is 1.51. The fourth-order valence-corrected chi connectivity index (χ4v) is 3.30. The number of piperidine rings is 1. The number of rotatable bonds is 2. The minimum atomic E-state index is -0.416. The Hall–Kier alpha value is -2.25. The second-order valence-electron chi connectivity index (χ2n) is 6.21. The van der Waals surface area contributed by atoms with Crippen LogP contribution in [0.5, 0.6) is 0 Å². The van der Waals surface area contributed by atoms with Crippen LogP contribution in [0.3, 0.4) is 0 Å². The van der Waals surface area contributed by atoms with Gasteiger partial charge in [0.15, 0.2) is 0 Å². The molecule has 0 spiro atoms. The van der Waals surface area contributed by atoms with E-state index in [0.717, 1.165) is 31.7 Å². The highest BCUT2D eigenvalue weighted by Crippen LogP contribution is 2.19. The number of urea groups is 1. The van der Waals surface area contributed by atoms with Crippen LogP contribution in [0.25, 0.3) is 0 Å². The summed E-state index contributed by atoms with van der Waals surface area (Å²) in [5, 5.41) is 10.1. The molecule has 2 saturated heterocycles. The van der Waals surface area contributed by atoms with Crippen LogP contribution in [-0.4, -0.2) is 64.9 Å². The van der Waals surface area contributed by atoms with Crippen molar-refractivity contribution in [2.75, 3.05) is 31.1 Å². The van der Waals surface area contributed by atoms with E-state index in [0.29, 0.717) is 13.1 Å². The zero-order valence-corrected chi connectivity index (χ0v) is 13.7. The highest BCUT2D eigenvalue weighted by Gasteiger charge is 2.31. The van der Waals surface area contributed by atoms with E-state index in [4.69, 9.17) is 0 Å².